The van der Waals surface area contributed by atoms with Gasteiger partial charge in [-0.1, -0.05) is 0 Å². The lowest BCUT2D eigenvalue weighted by atomic mass is 10.1. The molecule has 0 spiro atoms. The fraction of sp³-hybridized carbons (Fsp3) is 0.429. The predicted octanol–water partition coefficient (Wildman–Crippen LogP) is 2.34. The molecule has 3 aromatic rings. The summed E-state index contributed by atoms with van der Waals surface area (Å²) in [5.41, 5.74) is 0.760. The summed E-state index contributed by atoms with van der Waals surface area (Å²) in [5.74, 6) is -0.263. The number of piperazine rings is 1. The maximum Gasteiger partial charge on any atom is 0.262 e. The molecule has 1 aromatic carbocycles. The Bertz CT molecular complexity index is 1110. The predicted molar refractivity (Wildman–Crippen MR) is 116 cm³/mol. The Balaban J connectivity index is 1.60. The van der Waals surface area contributed by atoms with Crippen molar-refractivity contribution in [2.45, 2.75) is 32.9 Å². The molecule has 10 heteroatoms. The number of nitrogens with one attached hydrogen (secondary N) is 2. The third kappa shape index (κ3) is 4.43. The van der Waals surface area contributed by atoms with Crippen molar-refractivity contribution in [2.24, 2.45) is 7.05 Å². The molecule has 3 heterocycles. The summed E-state index contributed by atoms with van der Waals surface area (Å²) in [5, 5.41) is 10.8. The average Bonchev–Trinajstić information content (AvgIpc) is 3.08. The smallest absolute Gasteiger partial charge is 0.262 e. The first-order chi connectivity index (χ1) is 14.8. The highest BCUT2D eigenvalue weighted by atomic mass is 19.1. The van der Waals surface area contributed by atoms with Gasteiger partial charge in [0.1, 0.15) is 11.1 Å². The van der Waals surface area contributed by atoms with Gasteiger partial charge in [0, 0.05) is 55.7 Å². The molecule has 1 amide bonds. The van der Waals surface area contributed by atoms with Crippen LogP contribution in [-0.2, 0) is 7.05 Å². The first kappa shape index (κ1) is 21.0. The molecule has 2 atom stereocenters. The summed E-state index contributed by atoms with van der Waals surface area (Å²) in [7, 11) is 1.71. The van der Waals surface area contributed by atoms with Gasteiger partial charge >= 0.3 is 0 Å². The van der Waals surface area contributed by atoms with E-state index >= 15 is 0 Å². The van der Waals surface area contributed by atoms with E-state index in [9.17, 15) is 9.18 Å². The van der Waals surface area contributed by atoms with Crippen LogP contribution in [0.25, 0.3) is 10.9 Å². The van der Waals surface area contributed by atoms with Crippen molar-refractivity contribution in [1.29, 1.82) is 0 Å². The summed E-state index contributed by atoms with van der Waals surface area (Å²) in [6.45, 7) is 7.89. The highest BCUT2D eigenvalue weighted by Gasteiger charge is 2.25. The third-order valence-electron chi connectivity index (χ3n) is 5.04. The van der Waals surface area contributed by atoms with Crippen molar-refractivity contribution in [3.05, 3.63) is 35.9 Å². The highest BCUT2D eigenvalue weighted by molar-refractivity contribution is 6.06. The van der Waals surface area contributed by atoms with E-state index in [1.165, 1.54) is 16.9 Å². The van der Waals surface area contributed by atoms with Gasteiger partial charge in [0.25, 0.3) is 5.91 Å². The average molecular weight is 427 g/mol. The van der Waals surface area contributed by atoms with E-state index in [4.69, 9.17) is 4.74 Å². The molecule has 0 radical (unpaired) electrons. The number of carbonyl (C=O) groups excluding carboxylic acids is 1. The van der Waals surface area contributed by atoms with Gasteiger partial charge in [-0.2, -0.15) is 10.1 Å². The number of carbonyl (C=O) groups is 1. The van der Waals surface area contributed by atoms with Crippen LogP contribution in [0.2, 0.25) is 0 Å². The third-order valence-corrected chi connectivity index (χ3v) is 5.04. The normalized spacial score (nSPS) is 18.9. The quantitative estimate of drug-likeness (QED) is 0.645. The summed E-state index contributed by atoms with van der Waals surface area (Å²) < 4.78 is 21.5. The summed E-state index contributed by atoms with van der Waals surface area (Å²) >= 11 is 0. The molecule has 31 heavy (non-hydrogen) atoms. The molecule has 0 saturated carbocycles. The SMILES string of the molecule is CCOc1nc(N2C[C@@H](C)N[C@@H](C)C2)ncc1C(=O)Nc1cc(F)c2nn(C)cc2c1. The number of nitrogens with zero attached hydrogens (tertiary/aromatic N) is 5. The second-order valence-corrected chi connectivity index (χ2v) is 7.85. The van der Waals surface area contributed by atoms with Crippen molar-refractivity contribution < 1.29 is 13.9 Å². The number of hydrogen-bond donors (Lipinski definition) is 2. The van der Waals surface area contributed by atoms with Crippen molar-refractivity contribution in [3.63, 3.8) is 0 Å². The van der Waals surface area contributed by atoms with Gasteiger partial charge in [0.05, 0.1) is 6.61 Å². The number of rotatable bonds is 5. The van der Waals surface area contributed by atoms with Crippen LogP contribution in [-0.4, -0.2) is 57.4 Å². The number of aromatic nitrogens is 4. The number of amides is 1. The van der Waals surface area contributed by atoms with Crippen LogP contribution >= 0.6 is 0 Å². The van der Waals surface area contributed by atoms with Gasteiger partial charge in [0.2, 0.25) is 11.8 Å². The molecular weight excluding hydrogens is 401 g/mol. The lowest BCUT2D eigenvalue weighted by Gasteiger charge is -2.36. The molecule has 2 aromatic heterocycles. The van der Waals surface area contributed by atoms with E-state index in [0.717, 1.165) is 13.1 Å². The first-order valence-corrected chi connectivity index (χ1v) is 10.3. The fourth-order valence-electron chi connectivity index (χ4n) is 3.89. The minimum absolute atomic E-state index is 0.188. The zero-order chi connectivity index (χ0) is 22.1. The molecule has 1 aliphatic rings. The zero-order valence-corrected chi connectivity index (χ0v) is 18.0. The number of benzene rings is 1. The maximum atomic E-state index is 14.3. The van der Waals surface area contributed by atoms with Crippen molar-refractivity contribution in [1.82, 2.24) is 25.1 Å². The molecular formula is C21H26FN7O2. The van der Waals surface area contributed by atoms with Crippen LogP contribution in [0.5, 0.6) is 5.88 Å². The van der Waals surface area contributed by atoms with Crippen LogP contribution in [0.3, 0.4) is 0 Å². The lowest BCUT2D eigenvalue weighted by molar-refractivity contribution is 0.102. The van der Waals surface area contributed by atoms with Gasteiger partial charge in [-0.3, -0.25) is 9.48 Å². The van der Waals surface area contributed by atoms with Crippen molar-refractivity contribution in [3.8, 4) is 5.88 Å². The van der Waals surface area contributed by atoms with E-state index in [1.54, 1.807) is 19.3 Å². The van der Waals surface area contributed by atoms with E-state index in [1.807, 2.05) is 6.92 Å². The Morgan fingerprint density at radius 2 is 2.06 bits per heavy atom. The molecule has 0 unspecified atom stereocenters. The first-order valence-electron chi connectivity index (χ1n) is 10.3. The van der Waals surface area contributed by atoms with Crippen LogP contribution in [0.1, 0.15) is 31.1 Å². The van der Waals surface area contributed by atoms with E-state index < -0.39 is 11.7 Å². The Morgan fingerprint density at radius 1 is 1.32 bits per heavy atom. The second-order valence-electron chi connectivity index (χ2n) is 7.85. The molecule has 4 rings (SSSR count). The van der Waals surface area contributed by atoms with Crippen LogP contribution in [0.15, 0.2) is 24.5 Å². The largest absolute Gasteiger partial charge is 0.477 e. The van der Waals surface area contributed by atoms with Crippen LogP contribution in [0, 0.1) is 5.82 Å². The molecule has 9 nitrogen and oxygen atoms in total. The van der Waals surface area contributed by atoms with Crippen LogP contribution in [0.4, 0.5) is 16.0 Å². The Morgan fingerprint density at radius 3 is 2.77 bits per heavy atom. The number of anilines is 2. The van der Waals surface area contributed by atoms with Gasteiger partial charge in [-0.05, 0) is 32.9 Å². The Labute approximate surface area is 179 Å². The van der Waals surface area contributed by atoms with E-state index in [2.05, 4.69) is 44.4 Å². The minimum Gasteiger partial charge on any atom is -0.477 e. The fourth-order valence-corrected chi connectivity index (χ4v) is 3.89. The van der Waals surface area contributed by atoms with Crippen molar-refractivity contribution in [2.75, 3.05) is 29.9 Å². The molecule has 0 aliphatic carbocycles. The minimum atomic E-state index is -0.507. The van der Waals surface area contributed by atoms with Gasteiger partial charge < -0.3 is 20.3 Å². The molecule has 1 fully saturated rings. The molecule has 2 N–H and O–H groups in total. The second kappa shape index (κ2) is 8.46. The summed E-state index contributed by atoms with van der Waals surface area (Å²) in [4.78, 5) is 23.9. The number of hydrogen-bond acceptors (Lipinski definition) is 7. The van der Waals surface area contributed by atoms with E-state index in [-0.39, 0.29) is 17.0 Å². The highest BCUT2D eigenvalue weighted by Crippen LogP contribution is 2.25. The molecule has 164 valence electrons. The zero-order valence-electron chi connectivity index (χ0n) is 18.0. The molecule has 0 bridgehead atoms. The summed E-state index contributed by atoms with van der Waals surface area (Å²) in [6, 6.07) is 3.50. The lowest BCUT2D eigenvalue weighted by Crippen LogP contribution is -2.54. The number of fused-ring (bicyclic) bond motifs is 1. The number of halogens is 1. The standard InChI is InChI=1S/C21H26FN7O2/c1-5-31-20-16(8-23-21(26-20)29-9-12(2)24-13(3)10-29)19(30)25-15-6-14-11-28(4)27-18(14)17(22)7-15/h6-8,11-13,24H,5,9-10H2,1-4H3,(H,25,30)/t12-,13+. The number of aryl methyl sites for hydroxylation is 1. The molecule has 1 saturated heterocycles. The van der Waals surface area contributed by atoms with Crippen molar-refractivity contribution >= 4 is 28.4 Å². The van der Waals surface area contributed by atoms with Gasteiger partial charge in [-0.15, -0.1) is 0 Å². The van der Waals surface area contributed by atoms with E-state index in [0.29, 0.717) is 35.7 Å². The molecule has 1 aliphatic heterocycles. The Kier molecular flexibility index (Phi) is 5.73. The Hall–Kier alpha value is -3.27. The topological polar surface area (TPSA) is 97.2 Å². The summed E-state index contributed by atoms with van der Waals surface area (Å²) in [6.07, 6.45) is 3.14. The van der Waals surface area contributed by atoms with Gasteiger partial charge in [-0.25, -0.2) is 9.37 Å². The number of ether oxygens (including phenoxy) is 1. The monoisotopic (exact) mass is 427 g/mol. The van der Waals surface area contributed by atoms with Crippen LogP contribution < -0.4 is 20.3 Å². The maximum absolute atomic E-state index is 14.3. The van der Waals surface area contributed by atoms with Gasteiger partial charge in [0.15, 0.2) is 5.82 Å².